The van der Waals surface area contributed by atoms with Gasteiger partial charge in [0.15, 0.2) is 0 Å². The van der Waals surface area contributed by atoms with Gasteiger partial charge in [0.1, 0.15) is 0 Å². The zero-order valence-corrected chi connectivity index (χ0v) is 9.49. The largest absolute Gasteiger partial charge is 0.326 e. The molecular formula is C13H19NO. The number of hydrogen-bond acceptors (Lipinski definition) is 1. The summed E-state index contributed by atoms with van der Waals surface area (Å²) in [7, 11) is 0. The molecule has 15 heavy (non-hydrogen) atoms. The van der Waals surface area contributed by atoms with Gasteiger partial charge < -0.3 is 5.32 Å². The summed E-state index contributed by atoms with van der Waals surface area (Å²) in [6.45, 7) is 4.12. The van der Waals surface area contributed by atoms with Crippen molar-refractivity contribution in [2.75, 3.05) is 5.32 Å². The molecule has 0 spiro atoms. The molecule has 0 aliphatic carbocycles. The molecule has 1 amide bonds. The van der Waals surface area contributed by atoms with Crippen LogP contribution in [-0.2, 0) is 4.79 Å². The summed E-state index contributed by atoms with van der Waals surface area (Å²) < 4.78 is 0. The van der Waals surface area contributed by atoms with Gasteiger partial charge in [0, 0.05) is 11.6 Å². The number of hydrogen-bond donors (Lipinski definition) is 1. The molecule has 1 aromatic rings. The molecule has 1 unspecified atom stereocenters. The monoisotopic (exact) mass is 205 g/mol. The quantitative estimate of drug-likeness (QED) is 0.783. The zero-order chi connectivity index (χ0) is 11.1. The van der Waals surface area contributed by atoms with Crippen LogP contribution in [0.25, 0.3) is 0 Å². The Morgan fingerprint density at radius 1 is 1.33 bits per heavy atom. The van der Waals surface area contributed by atoms with Crippen molar-refractivity contribution in [2.45, 2.75) is 33.1 Å². The van der Waals surface area contributed by atoms with E-state index in [0.29, 0.717) is 0 Å². The van der Waals surface area contributed by atoms with Crippen LogP contribution in [0, 0.1) is 5.92 Å². The Balaban J connectivity index is 2.42. The Morgan fingerprint density at radius 3 is 2.60 bits per heavy atom. The Labute approximate surface area is 91.7 Å². The SMILES string of the molecule is CCCCC(C)C(=O)Nc1ccccc1. The minimum Gasteiger partial charge on any atom is -0.326 e. The lowest BCUT2D eigenvalue weighted by Crippen LogP contribution is -2.20. The minimum absolute atomic E-state index is 0.102. The average Bonchev–Trinajstić information content (AvgIpc) is 2.27. The van der Waals surface area contributed by atoms with Crippen molar-refractivity contribution in [3.05, 3.63) is 30.3 Å². The number of nitrogens with one attached hydrogen (secondary N) is 1. The van der Waals surface area contributed by atoms with E-state index < -0.39 is 0 Å². The Morgan fingerprint density at radius 2 is 2.00 bits per heavy atom. The van der Waals surface area contributed by atoms with Crippen LogP contribution in [0.3, 0.4) is 0 Å². The maximum atomic E-state index is 11.7. The second kappa shape index (κ2) is 6.23. The van der Waals surface area contributed by atoms with Crippen molar-refractivity contribution in [3.63, 3.8) is 0 Å². The lowest BCUT2D eigenvalue weighted by molar-refractivity contribution is -0.119. The standard InChI is InChI=1S/C13H19NO/c1-3-4-8-11(2)13(15)14-12-9-6-5-7-10-12/h5-7,9-11H,3-4,8H2,1-2H3,(H,14,15). The first kappa shape index (κ1) is 11.8. The molecule has 1 rings (SSSR count). The number of anilines is 1. The zero-order valence-electron chi connectivity index (χ0n) is 9.49. The topological polar surface area (TPSA) is 29.1 Å². The van der Waals surface area contributed by atoms with E-state index in [1.165, 1.54) is 0 Å². The summed E-state index contributed by atoms with van der Waals surface area (Å²) in [6.07, 6.45) is 3.22. The second-order valence-electron chi connectivity index (χ2n) is 3.90. The number of carbonyl (C=O) groups excluding carboxylic acids is 1. The number of carbonyl (C=O) groups is 1. The normalized spacial score (nSPS) is 12.1. The van der Waals surface area contributed by atoms with E-state index in [9.17, 15) is 4.79 Å². The predicted molar refractivity (Wildman–Crippen MR) is 63.8 cm³/mol. The van der Waals surface area contributed by atoms with Gasteiger partial charge in [-0.25, -0.2) is 0 Å². The predicted octanol–water partition coefficient (Wildman–Crippen LogP) is 3.45. The molecule has 0 fully saturated rings. The van der Waals surface area contributed by atoms with Crippen molar-refractivity contribution in [1.29, 1.82) is 0 Å². The highest BCUT2D eigenvalue weighted by molar-refractivity contribution is 5.92. The third-order valence-corrected chi connectivity index (χ3v) is 2.48. The molecule has 0 saturated carbocycles. The first-order valence-corrected chi connectivity index (χ1v) is 5.60. The fourth-order valence-corrected chi connectivity index (χ4v) is 1.43. The van der Waals surface area contributed by atoms with Crippen molar-refractivity contribution in [1.82, 2.24) is 0 Å². The number of rotatable bonds is 5. The molecule has 1 aromatic carbocycles. The van der Waals surface area contributed by atoms with Crippen LogP contribution in [0.1, 0.15) is 33.1 Å². The molecule has 1 atom stereocenters. The summed E-state index contributed by atoms with van der Waals surface area (Å²) >= 11 is 0. The lowest BCUT2D eigenvalue weighted by Gasteiger charge is -2.11. The Hall–Kier alpha value is -1.31. The molecule has 0 heterocycles. The van der Waals surface area contributed by atoms with Gasteiger partial charge in [-0.15, -0.1) is 0 Å². The number of amides is 1. The van der Waals surface area contributed by atoms with Crippen LogP contribution in [0.4, 0.5) is 5.69 Å². The van der Waals surface area contributed by atoms with Crippen LogP contribution in [0.15, 0.2) is 30.3 Å². The molecule has 0 saturated heterocycles. The van der Waals surface area contributed by atoms with Crippen molar-refractivity contribution < 1.29 is 4.79 Å². The van der Waals surface area contributed by atoms with Crippen LogP contribution in [0.2, 0.25) is 0 Å². The highest BCUT2D eigenvalue weighted by Crippen LogP contribution is 2.12. The van der Waals surface area contributed by atoms with Gasteiger partial charge in [-0.05, 0) is 18.6 Å². The maximum absolute atomic E-state index is 11.7. The molecule has 0 bridgehead atoms. The Kier molecular flexibility index (Phi) is 4.88. The van der Waals surface area contributed by atoms with Gasteiger partial charge in [0.25, 0.3) is 0 Å². The summed E-state index contributed by atoms with van der Waals surface area (Å²) in [5, 5.41) is 2.91. The van der Waals surface area contributed by atoms with Gasteiger partial charge >= 0.3 is 0 Å². The van der Waals surface area contributed by atoms with Crippen molar-refractivity contribution in [3.8, 4) is 0 Å². The van der Waals surface area contributed by atoms with Crippen molar-refractivity contribution in [2.24, 2.45) is 5.92 Å². The summed E-state index contributed by atoms with van der Waals surface area (Å²) in [6, 6.07) is 9.60. The second-order valence-corrected chi connectivity index (χ2v) is 3.90. The van der Waals surface area contributed by atoms with E-state index in [0.717, 1.165) is 24.9 Å². The fourth-order valence-electron chi connectivity index (χ4n) is 1.43. The van der Waals surface area contributed by atoms with Gasteiger partial charge in [-0.3, -0.25) is 4.79 Å². The number of benzene rings is 1. The van der Waals surface area contributed by atoms with Gasteiger partial charge in [0.2, 0.25) is 5.91 Å². The molecule has 2 nitrogen and oxygen atoms in total. The van der Waals surface area contributed by atoms with Crippen LogP contribution in [-0.4, -0.2) is 5.91 Å². The van der Waals surface area contributed by atoms with E-state index >= 15 is 0 Å². The summed E-state index contributed by atoms with van der Waals surface area (Å²) in [5.41, 5.74) is 0.880. The first-order valence-electron chi connectivity index (χ1n) is 5.60. The van der Waals surface area contributed by atoms with Crippen LogP contribution < -0.4 is 5.32 Å². The van der Waals surface area contributed by atoms with E-state index in [2.05, 4.69) is 12.2 Å². The fraction of sp³-hybridized carbons (Fsp3) is 0.462. The molecule has 1 N–H and O–H groups in total. The van der Waals surface area contributed by atoms with E-state index in [1.54, 1.807) is 0 Å². The van der Waals surface area contributed by atoms with Crippen LogP contribution in [0.5, 0.6) is 0 Å². The van der Waals surface area contributed by atoms with Gasteiger partial charge in [0.05, 0.1) is 0 Å². The van der Waals surface area contributed by atoms with E-state index in [-0.39, 0.29) is 11.8 Å². The average molecular weight is 205 g/mol. The van der Waals surface area contributed by atoms with E-state index in [4.69, 9.17) is 0 Å². The number of para-hydroxylation sites is 1. The third-order valence-electron chi connectivity index (χ3n) is 2.48. The van der Waals surface area contributed by atoms with Crippen molar-refractivity contribution >= 4 is 11.6 Å². The molecule has 82 valence electrons. The number of unbranched alkanes of at least 4 members (excludes halogenated alkanes) is 1. The highest BCUT2D eigenvalue weighted by atomic mass is 16.1. The molecule has 2 heteroatoms. The molecule has 0 radical (unpaired) electrons. The Bertz CT molecular complexity index is 295. The molecule has 0 aromatic heterocycles. The minimum atomic E-state index is 0.102. The highest BCUT2D eigenvalue weighted by Gasteiger charge is 2.11. The summed E-state index contributed by atoms with van der Waals surface area (Å²) in [4.78, 5) is 11.7. The molecule has 0 aliphatic heterocycles. The molecular weight excluding hydrogens is 186 g/mol. The van der Waals surface area contributed by atoms with Gasteiger partial charge in [-0.2, -0.15) is 0 Å². The van der Waals surface area contributed by atoms with E-state index in [1.807, 2.05) is 37.3 Å². The van der Waals surface area contributed by atoms with Gasteiger partial charge in [-0.1, -0.05) is 44.9 Å². The first-order chi connectivity index (χ1) is 7.24. The maximum Gasteiger partial charge on any atom is 0.227 e. The smallest absolute Gasteiger partial charge is 0.227 e. The lowest BCUT2D eigenvalue weighted by atomic mass is 10.0. The molecule has 0 aliphatic rings. The van der Waals surface area contributed by atoms with Crippen LogP contribution >= 0.6 is 0 Å². The third kappa shape index (κ3) is 4.15. The summed E-state index contributed by atoms with van der Waals surface area (Å²) in [5.74, 6) is 0.222.